The summed E-state index contributed by atoms with van der Waals surface area (Å²) in [6.07, 6.45) is 0. The SMILES string of the molecule is Cc1cc(=O)oc2c3c(ccc12)OCN(c1ccc2c(c1)N1CCN=C1S2)C3. The fraction of sp³-hybridized carbons (Fsp3) is 0.238. The predicted molar refractivity (Wildman–Crippen MR) is 111 cm³/mol. The van der Waals surface area contributed by atoms with E-state index in [2.05, 4.69) is 33.0 Å². The van der Waals surface area contributed by atoms with Gasteiger partial charge in [-0.3, -0.25) is 4.99 Å². The van der Waals surface area contributed by atoms with E-state index in [1.54, 1.807) is 11.8 Å². The third kappa shape index (κ3) is 2.29. The Morgan fingerprint density at radius 2 is 2.11 bits per heavy atom. The second-order valence-corrected chi connectivity index (χ2v) is 8.22. The van der Waals surface area contributed by atoms with Crippen molar-refractivity contribution >= 4 is 39.3 Å². The van der Waals surface area contributed by atoms with E-state index in [0.717, 1.165) is 46.2 Å². The lowest BCUT2D eigenvalue weighted by molar-refractivity contribution is 0.289. The summed E-state index contributed by atoms with van der Waals surface area (Å²) < 4.78 is 11.6. The Kier molecular flexibility index (Phi) is 3.32. The number of fused-ring (bicyclic) bond motifs is 6. The summed E-state index contributed by atoms with van der Waals surface area (Å²) >= 11 is 1.73. The quantitative estimate of drug-likeness (QED) is 0.589. The molecule has 0 amide bonds. The first-order valence-electron chi connectivity index (χ1n) is 9.25. The van der Waals surface area contributed by atoms with Crippen molar-refractivity contribution in [1.29, 1.82) is 0 Å². The van der Waals surface area contributed by atoms with Crippen LogP contribution in [0.2, 0.25) is 0 Å². The highest BCUT2D eigenvalue weighted by Gasteiger charge is 2.31. The van der Waals surface area contributed by atoms with Crippen molar-refractivity contribution in [1.82, 2.24) is 0 Å². The third-order valence-corrected chi connectivity index (χ3v) is 6.60. The van der Waals surface area contributed by atoms with Crippen LogP contribution >= 0.6 is 11.8 Å². The molecule has 2 aromatic carbocycles. The number of rotatable bonds is 1. The molecule has 3 aliphatic heterocycles. The fourth-order valence-corrected chi connectivity index (χ4v) is 5.15. The van der Waals surface area contributed by atoms with Crippen LogP contribution in [0.25, 0.3) is 11.0 Å². The van der Waals surface area contributed by atoms with Crippen molar-refractivity contribution in [3.05, 3.63) is 57.9 Å². The summed E-state index contributed by atoms with van der Waals surface area (Å²) in [7, 11) is 0. The molecule has 7 heteroatoms. The summed E-state index contributed by atoms with van der Waals surface area (Å²) in [4.78, 5) is 22.2. The number of ether oxygens (including phenoxy) is 1. The van der Waals surface area contributed by atoms with Gasteiger partial charge in [-0.2, -0.15) is 0 Å². The monoisotopic (exact) mass is 391 g/mol. The van der Waals surface area contributed by atoms with E-state index < -0.39 is 0 Å². The number of hydrogen-bond acceptors (Lipinski definition) is 7. The van der Waals surface area contributed by atoms with Gasteiger partial charge < -0.3 is 19.0 Å². The number of benzene rings is 2. The lowest BCUT2D eigenvalue weighted by Crippen LogP contribution is -2.32. The molecule has 6 nitrogen and oxygen atoms in total. The molecule has 0 saturated carbocycles. The highest BCUT2D eigenvalue weighted by atomic mass is 32.2. The maximum atomic E-state index is 11.9. The van der Waals surface area contributed by atoms with Crippen molar-refractivity contribution in [3.8, 4) is 5.75 Å². The van der Waals surface area contributed by atoms with Crippen LogP contribution in [0, 0.1) is 6.92 Å². The minimum atomic E-state index is -0.328. The molecule has 0 bridgehead atoms. The molecule has 6 rings (SSSR count). The van der Waals surface area contributed by atoms with E-state index in [1.165, 1.54) is 16.6 Å². The van der Waals surface area contributed by atoms with Crippen LogP contribution in [0.15, 0.2) is 55.5 Å². The number of hydrogen-bond donors (Lipinski definition) is 0. The van der Waals surface area contributed by atoms with Crippen LogP contribution in [-0.4, -0.2) is 25.0 Å². The molecule has 0 atom stereocenters. The van der Waals surface area contributed by atoms with Gasteiger partial charge in [0.25, 0.3) is 0 Å². The van der Waals surface area contributed by atoms with Gasteiger partial charge in [-0.25, -0.2) is 4.79 Å². The Morgan fingerprint density at radius 1 is 1.18 bits per heavy atom. The summed E-state index contributed by atoms with van der Waals surface area (Å²) in [5.41, 5.74) is 4.43. The maximum absolute atomic E-state index is 11.9. The molecule has 3 aliphatic rings. The second kappa shape index (κ2) is 5.78. The lowest BCUT2D eigenvalue weighted by Gasteiger charge is -2.31. The van der Waals surface area contributed by atoms with Gasteiger partial charge in [-0.15, -0.1) is 0 Å². The van der Waals surface area contributed by atoms with E-state index in [1.807, 2.05) is 19.1 Å². The van der Waals surface area contributed by atoms with Crippen LogP contribution in [0.4, 0.5) is 11.4 Å². The van der Waals surface area contributed by atoms with Crippen LogP contribution in [0.5, 0.6) is 5.75 Å². The first kappa shape index (κ1) is 16.1. The van der Waals surface area contributed by atoms with Crippen LogP contribution in [0.1, 0.15) is 11.1 Å². The first-order valence-corrected chi connectivity index (χ1v) is 10.1. The molecule has 3 aromatic rings. The minimum Gasteiger partial charge on any atom is -0.473 e. The smallest absolute Gasteiger partial charge is 0.336 e. The van der Waals surface area contributed by atoms with Crippen LogP contribution in [0.3, 0.4) is 0 Å². The van der Waals surface area contributed by atoms with Crippen molar-refractivity contribution in [3.63, 3.8) is 0 Å². The molecule has 0 fully saturated rings. The van der Waals surface area contributed by atoms with Gasteiger partial charge in [0.05, 0.1) is 24.3 Å². The zero-order chi connectivity index (χ0) is 18.8. The van der Waals surface area contributed by atoms with E-state index >= 15 is 0 Å². The molecule has 0 saturated heterocycles. The second-order valence-electron chi connectivity index (χ2n) is 7.21. The Hall–Kier alpha value is -2.93. The number of thioether (sulfide) groups is 1. The highest BCUT2D eigenvalue weighted by molar-refractivity contribution is 8.14. The third-order valence-electron chi connectivity index (χ3n) is 5.51. The number of amidine groups is 1. The van der Waals surface area contributed by atoms with Gasteiger partial charge in [0.1, 0.15) is 11.3 Å². The lowest BCUT2D eigenvalue weighted by atomic mass is 10.0. The van der Waals surface area contributed by atoms with E-state index in [4.69, 9.17) is 9.15 Å². The molecule has 0 radical (unpaired) electrons. The van der Waals surface area contributed by atoms with Gasteiger partial charge in [0.2, 0.25) is 0 Å². The van der Waals surface area contributed by atoms with Crippen LogP contribution < -0.4 is 20.2 Å². The zero-order valence-electron chi connectivity index (χ0n) is 15.3. The molecular weight excluding hydrogens is 374 g/mol. The molecule has 1 aromatic heterocycles. The van der Waals surface area contributed by atoms with E-state index in [0.29, 0.717) is 18.9 Å². The van der Waals surface area contributed by atoms with E-state index in [-0.39, 0.29) is 5.63 Å². The number of anilines is 2. The van der Waals surface area contributed by atoms with Crippen molar-refractivity contribution in [2.75, 3.05) is 29.6 Å². The first-order chi connectivity index (χ1) is 13.7. The summed E-state index contributed by atoms with van der Waals surface area (Å²) in [5.74, 6) is 0.781. The number of aliphatic imine (C=N–C) groups is 1. The number of nitrogens with zero attached hydrogens (tertiary/aromatic N) is 3. The Bertz CT molecular complexity index is 1230. The molecule has 28 heavy (non-hydrogen) atoms. The maximum Gasteiger partial charge on any atom is 0.336 e. The molecule has 0 unspecified atom stereocenters. The average Bonchev–Trinajstić information content (AvgIpc) is 3.28. The van der Waals surface area contributed by atoms with Crippen LogP contribution in [-0.2, 0) is 6.54 Å². The molecule has 0 N–H and O–H groups in total. The van der Waals surface area contributed by atoms with Gasteiger partial charge in [0.15, 0.2) is 11.9 Å². The minimum absolute atomic E-state index is 0.328. The molecule has 0 aliphatic carbocycles. The van der Waals surface area contributed by atoms with Crippen molar-refractivity contribution < 1.29 is 9.15 Å². The molecule has 140 valence electrons. The molecule has 4 heterocycles. The Morgan fingerprint density at radius 3 is 3.04 bits per heavy atom. The average molecular weight is 391 g/mol. The fourth-order valence-electron chi connectivity index (χ4n) is 4.09. The predicted octanol–water partition coefficient (Wildman–Crippen LogP) is 3.74. The summed E-state index contributed by atoms with van der Waals surface area (Å²) in [6, 6.07) is 11.9. The molecule has 0 spiro atoms. The topological polar surface area (TPSA) is 58.3 Å². The summed E-state index contributed by atoms with van der Waals surface area (Å²) in [6.45, 7) is 4.82. The zero-order valence-corrected chi connectivity index (χ0v) is 16.1. The van der Waals surface area contributed by atoms with Crippen molar-refractivity contribution in [2.45, 2.75) is 18.4 Å². The Labute approximate surface area is 165 Å². The highest BCUT2D eigenvalue weighted by Crippen LogP contribution is 2.44. The van der Waals surface area contributed by atoms with Crippen molar-refractivity contribution in [2.24, 2.45) is 4.99 Å². The molecular formula is C21H17N3O3S. The number of aryl methyl sites for hydroxylation is 1. The standard InChI is InChI=1S/C21H17N3O3S/c1-12-8-19(25)27-20-14(12)3-4-17-15(20)10-23(11-26-17)13-2-5-18-16(9-13)24-7-6-22-21(24)28-18/h2-5,8-9H,6-7,10-11H2,1H3. The van der Waals surface area contributed by atoms with E-state index in [9.17, 15) is 4.79 Å². The summed E-state index contributed by atoms with van der Waals surface area (Å²) in [5, 5.41) is 2.04. The normalized spacial score (nSPS) is 17.2. The van der Waals surface area contributed by atoms with Gasteiger partial charge in [-0.05, 0) is 54.6 Å². The largest absolute Gasteiger partial charge is 0.473 e. The Balaban J connectivity index is 1.42. The van der Waals surface area contributed by atoms with Gasteiger partial charge in [-0.1, -0.05) is 0 Å². The van der Waals surface area contributed by atoms with Gasteiger partial charge in [0, 0.05) is 28.6 Å². The van der Waals surface area contributed by atoms with Gasteiger partial charge >= 0.3 is 5.63 Å².